The second-order valence-corrected chi connectivity index (χ2v) is 7.65. The van der Waals surface area contributed by atoms with Gasteiger partial charge < -0.3 is 16.0 Å². The number of nitrogens with zero attached hydrogens (tertiary/aromatic N) is 7. The van der Waals surface area contributed by atoms with E-state index in [0.29, 0.717) is 47.0 Å². The van der Waals surface area contributed by atoms with E-state index in [-0.39, 0.29) is 5.91 Å². The Morgan fingerprint density at radius 3 is 2.82 bits per heavy atom. The maximum Gasteiger partial charge on any atom is 0.254 e. The van der Waals surface area contributed by atoms with Gasteiger partial charge in [-0.15, -0.1) is 0 Å². The van der Waals surface area contributed by atoms with Crippen molar-refractivity contribution >= 4 is 33.8 Å². The van der Waals surface area contributed by atoms with Crippen molar-refractivity contribution in [3.63, 3.8) is 0 Å². The van der Waals surface area contributed by atoms with E-state index in [1.807, 2.05) is 23.0 Å². The van der Waals surface area contributed by atoms with Crippen LogP contribution in [0.4, 0.5) is 5.82 Å². The second-order valence-electron chi connectivity index (χ2n) is 7.65. The van der Waals surface area contributed by atoms with E-state index in [0.717, 1.165) is 29.4 Å². The third-order valence-electron chi connectivity index (χ3n) is 5.36. The number of unbranched alkanes of at least 4 members (excludes halogenated alkanes) is 1. The molecule has 0 aliphatic rings. The summed E-state index contributed by atoms with van der Waals surface area (Å²) < 4.78 is 1.83. The van der Waals surface area contributed by atoms with Gasteiger partial charge in [-0.2, -0.15) is 5.10 Å². The summed E-state index contributed by atoms with van der Waals surface area (Å²) in [5, 5.41) is 9.37. The highest BCUT2D eigenvalue weighted by atomic mass is 16.1. The fourth-order valence-corrected chi connectivity index (χ4v) is 3.66. The first-order chi connectivity index (χ1) is 16.1. The lowest BCUT2D eigenvalue weighted by Crippen LogP contribution is -2.25. The number of rotatable bonds is 7. The van der Waals surface area contributed by atoms with E-state index in [9.17, 15) is 4.79 Å². The molecule has 4 N–H and O–H groups in total. The number of carbonyl (C=O) groups excluding carboxylic acids is 1. The molecule has 5 aromatic rings. The van der Waals surface area contributed by atoms with Crippen LogP contribution in [-0.2, 0) is 6.54 Å². The largest absolute Gasteiger partial charge is 0.383 e. The SMILES string of the molecule is Cc1ncc(C(=O)NCCCCn2nc(-c3cnc4[nH]ccc4c3)c3c(N)ncnc32)cn1. The third-order valence-corrected chi connectivity index (χ3v) is 5.36. The molecule has 0 aromatic carbocycles. The summed E-state index contributed by atoms with van der Waals surface area (Å²) in [5.41, 5.74) is 9.67. The first kappa shape index (κ1) is 20.5. The fraction of sp³-hybridized carbons (Fsp3) is 0.227. The van der Waals surface area contributed by atoms with E-state index in [1.54, 1.807) is 13.1 Å². The summed E-state index contributed by atoms with van der Waals surface area (Å²) >= 11 is 0. The molecule has 0 spiro atoms. The quantitative estimate of drug-likeness (QED) is 0.324. The monoisotopic (exact) mass is 442 g/mol. The van der Waals surface area contributed by atoms with Crippen molar-refractivity contribution in [2.75, 3.05) is 12.3 Å². The van der Waals surface area contributed by atoms with Crippen LogP contribution in [0.15, 0.2) is 43.2 Å². The van der Waals surface area contributed by atoms with Crippen molar-refractivity contribution < 1.29 is 4.79 Å². The summed E-state index contributed by atoms with van der Waals surface area (Å²) in [6.45, 7) is 2.93. The van der Waals surface area contributed by atoms with Crippen molar-refractivity contribution in [1.29, 1.82) is 0 Å². The van der Waals surface area contributed by atoms with Crippen LogP contribution in [0, 0.1) is 6.92 Å². The molecule has 0 fully saturated rings. The standard InChI is InChI=1S/C22H22N10O/c1-13-26-10-16(11-27-13)22(33)25-5-2-3-7-32-21-17(19(23)29-12-30-21)18(31-32)15-8-14-4-6-24-20(14)28-9-15/h4,6,8-12H,2-3,5,7H2,1H3,(H,24,28)(H,25,33)(H2,23,29,30). The zero-order chi connectivity index (χ0) is 22.8. The van der Waals surface area contributed by atoms with Crippen LogP contribution in [0.2, 0.25) is 0 Å². The molecule has 0 bridgehead atoms. The Morgan fingerprint density at radius 2 is 1.97 bits per heavy atom. The number of nitrogens with two attached hydrogens (primary N) is 1. The minimum absolute atomic E-state index is 0.185. The van der Waals surface area contributed by atoms with Crippen molar-refractivity contribution in [3.8, 4) is 11.3 Å². The lowest BCUT2D eigenvalue weighted by Gasteiger charge is -2.06. The lowest BCUT2D eigenvalue weighted by atomic mass is 10.1. The van der Waals surface area contributed by atoms with Crippen molar-refractivity contribution in [2.24, 2.45) is 0 Å². The van der Waals surface area contributed by atoms with Gasteiger partial charge >= 0.3 is 0 Å². The molecule has 0 radical (unpaired) electrons. The van der Waals surface area contributed by atoms with Gasteiger partial charge in [0.25, 0.3) is 5.91 Å². The van der Waals surface area contributed by atoms with Crippen LogP contribution in [0.1, 0.15) is 29.0 Å². The van der Waals surface area contributed by atoms with E-state index in [1.165, 1.54) is 18.7 Å². The molecule has 11 heteroatoms. The highest BCUT2D eigenvalue weighted by Gasteiger charge is 2.17. The van der Waals surface area contributed by atoms with Crippen molar-refractivity contribution in [1.82, 2.24) is 45.0 Å². The minimum atomic E-state index is -0.185. The molecule has 166 valence electrons. The number of fused-ring (bicyclic) bond motifs is 2. The second kappa shape index (κ2) is 8.61. The van der Waals surface area contributed by atoms with Gasteiger partial charge in [0.2, 0.25) is 0 Å². The van der Waals surface area contributed by atoms with Gasteiger partial charge in [0.15, 0.2) is 5.65 Å². The van der Waals surface area contributed by atoms with Crippen LogP contribution in [0.5, 0.6) is 0 Å². The number of nitrogens with one attached hydrogen (secondary N) is 2. The summed E-state index contributed by atoms with van der Waals surface area (Å²) in [4.78, 5) is 36.4. The van der Waals surface area contributed by atoms with Crippen LogP contribution < -0.4 is 11.1 Å². The normalized spacial score (nSPS) is 11.3. The maximum atomic E-state index is 12.2. The smallest absolute Gasteiger partial charge is 0.254 e. The number of pyridine rings is 1. The van der Waals surface area contributed by atoms with E-state index >= 15 is 0 Å². The van der Waals surface area contributed by atoms with E-state index < -0.39 is 0 Å². The Bertz CT molecular complexity index is 1440. The Kier molecular flexibility index (Phi) is 5.35. The number of aromatic amines is 1. The summed E-state index contributed by atoms with van der Waals surface area (Å²) in [6, 6.07) is 3.98. The number of hydrogen-bond acceptors (Lipinski definition) is 8. The molecule has 33 heavy (non-hydrogen) atoms. The van der Waals surface area contributed by atoms with Gasteiger partial charge in [0.1, 0.15) is 29.3 Å². The Labute approximate surface area is 188 Å². The first-order valence-corrected chi connectivity index (χ1v) is 10.6. The highest BCUT2D eigenvalue weighted by Crippen LogP contribution is 2.31. The molecule has 0 aliphatic carbocycles. The molecule has 0 saturated heterocycles. The van der Waals surface area contributed by atoms with Gasteiger partial charge in [-0.1, -0.05) is 0 Å². The summed E-state index contributed by atoms with van der Waals surface area (Å²) in [7, 11) is 0. The predicted octanol–water partition coefficient (Wildman–Crippen LogP) is 2.26. The van der Waals surface area contributed by atoms with Gasteiger partial charge in [0, 0.05) is 48.8 Å². The average molecular weight is 442 g/mol. The summed E-state index contributed by atoms with van der Waals surface area (Å²) in [5.74, 6) is 0.823. The average Bonchev–Trinajstić information content (AvgIpc) is 3.44. The first-order valence-electron chi connectivity index (χ1n) is 10.6. The number of aromatic nitrogens is 8. The zero-order valence-corrected chi connectivity index (χ0v) is 18.0. The van der Waals surface area contributed by atoms with Gasteiger partial charge in [-0.25, -0.2) is 29.6 Å². The number of H-pyrrole nitrogens is 1. The maximum absolute atomic E-state index is 12.2. The van der Waals surface area contributed by atoms with Gasteiger partial charge in [0.05, 0.1) is 10.9 Å². The molecule has 5 heterocycles. The fourth-order valence-electron chi connectivity index (χ4n) is 3.66. The number of amides is 1. The lowest BCUT2D eigenvalue weighted by molar-refractivity contribution is 0.0952. The Balaban J connectivity index is 1.29. The molecule has 1 amide bonds. The van der Waals surface area contributed by atoms with E-state index in [4.69, 9.17) is 10.8 Å². The molecular weight excluding hydrogens is 420 g/mol. The third kappa shape index (κ3) is 4.07. The zero-order valence-electron chi connectivity index (χ0n) is 18.0. The number of carbonyl (C=O) groups is 1. The molecule has 5 aromatic heterocycles. The molecule has 0 aliphatic heterocycles. The van der Waals surface area contributed by atoms with Gasteiger partial charge in [-0.05, 0) is 31.9 Å². The number of hydrogen-bond donors (Lipinski definition) is 3. The molecule has 0 saturated carbocycles. The number of nitrogen functional groups attached to an aromatic ring is 1. The molecule has 0 unspecified atom stereocenters. The Hall–Kier alpha value is -4.41. The van der Waals surface area contributed by atoms with Crippen LogP contribution in [-0.4, -0.2) is 52.1 Å². The van der Waals surface area contributed by atoms with Crippen molar-refractivity contribution in [3.05, 3.63) is 54.6 Å². The molecule has 0 atom stereocenters. The van der Waals surface area contributed by atoms with Gasteiger partial charge in [-0.3, -0.25) is 4.79 Å². The molecule has 5 rings (SSSR count). The summed E-state index contributed by atoms with van der Waals surface area (Å²) in [6.07, 6.45) is 9.67. The number of anilines is 1. The highest BCUT2D eigenvalue weighted by molar-refractivity contribution is 5.99. The van der Waals surface area contributed by atoms with E-state index in [2.05, 4.69) is 35.2 Å². The molecule has 11 nitrogen and oxygen atoms in total. The van der Waals surface area contributed by atoms with Crippen LogP contribution in [0.3, 0.4) is 0 Å². The predicted molar refractivity (Wildman–Crippen MR) is 123 cm³/mol. The van der Waals surface area contributed by atoms with Crippen LogP contribution in [0.25, 0.3) is 33.3 Å². The van der Waals surface area contributed by atoms with Crippen LogP contribution >= 0.6 is 0 Å². The Morgan fingerprint density at radius 1 is 1.12 bits per heavy atom. The topological polar surface area (TPSA) is 153 Å². The minimum Gasteiger partial charge on any atom is -0.383 e. The van der Waals surface area contributed by atoms with Crippen molar-refractivity contribution in [2.45, 2.75) is 26.3 Å². The molecular formula is C22H22N10O. The number of aryl methyl sites for hydroxylation is 2.